The van der Waals surface area contributed by atoms with Crippen molar-refractivity contribution in [2.24, 2.45) is 0 Å². The van der Waals surface area contributed by atoms with Crippen LogP contribution in [0.1, 0.15) is 43.9 Å². The van der Waals surface area contributed by atoms with Gasteiger partial charge < -0.3 is 14.6 Å². The Labute approximate surface area is 189 Å². The van der Waals surface area contributed by atoms with Crippen LogP contribution in [0, 0.1) is 11.8 Å². The highest BCUT2D eigenvalue weighted by Crippen LogP contribution is 2.32. The van der Waals surface area contributed by atoms with Crippen LogP contribution in [0.5, 0.6) is 5.75 Å². The molecule has 1 aliphatic rings. The van der Waals surface area contributed by atoms with E-state index in [2.05, 4.69) is 45.5 Å². The molecule has 0 fully saturated rings. The van der Waals surface area contributed by atoms with Crippen molar-refractivity contribution in [1.82, 2.24) is 15.5 Å². The molecule has 0 aliphatic heterocycles. The number of ether oxygens (including phenoxy) is 1. The van der Waals surface area contributed by atoms with Gasteiger partial charge in [0.05, 0.1) is 11.7 Å². The maximum atomic E-state index is 10.9. The van der Waals surface area contributed by atoms with Crippen molar-refractivity contribution >= 4 is 0 Å². The number of rotatable bonds is 6. The fourth-order valence-corrected chi connectivity index (χ4v) is 3.63. The highest BCUT2D eigenvalue weighted by molar-refractivity contribution is 5.67. The Hall–Kier alpha value is -3.17. The molecule has 1 N–H and O–H groups in total. The van der Waals surface area contributed by atoms with E-state index in [1.165, 1.54) is 17.5 Å². The summed E-state index contributed by atoms with van der Waals surface area (Å²) in [6, 6.07) is 12.1. The summed E-state index contributed by atoms with van der Waals surface area (Å²) in [6.07, 6.45) is 3.48. The first-order valence-electron chi connectivity index (χ1n) is 11.0. The Balaban J connectivity index is 0.000000523. The second kappa shape index (κ2) is 11.4. The largest absolute Gasteiger partial charge is 0.490 e. The fraction of sp³-hybridized carbons (Fsp3) is 0.385. The molecule has 1 aliphatic carbocycles. The topological polar surface area (TPSA) is 60.2 Å². The Kier molecular flexibility index (Phi) is 8.41. The van der Waals surface area contributed by atoms with E-state index in [9.17, 15) is 4.39 Å². The molecule has 168 valence electrons. The molecule has 1 aromatic heterocycles. The van der Waals surface area contributed by atoms with Crippen LogP contribution in [0.15, 0.2) is 40.9 Å². The van der Waals surface area contributed by atoms with Crippen LogP contribution in [-0.4, -0.2) is 36.5 Å². The zero-order valence-corrected chi connectivity index (χ0v) is 19.2. The van der Waals surface area contributed by atoms with E-state index in [0.29, 0.717) is 18.3 Å². The molecule has 0 bridgehead atoms. The molecule has 1 heterocycles. The summed E-state index contributed by atoms with van der Waals surface area (Å²) in [6.45, 7) is 6.02. The second-order valence-electron chi connectivity index (χ2n) is 7.77. The standard InChI is InChI=1S/C23H22N2O2.C3H8FN/c1-4-7-17-14-18(12-13-21(17)26-15(2)3)23-24-22(25-27-23)20-11-6-9-16-8-5-10-19(16)20;1-5-3-2-4/h6,9,11-15H,5,8,10H2,1-3H3;5H,2-3H2,1H3. The van der Waals surface area contributed by atoms with Crippen LogP contribution in [-0.2, 0) is 12.8 Å². The van der Waals surface area contributed by atoms with Crippen molar-refractivity contribution in [3.8, 4) is 40.4 Å². The Morgan fingerprint density at radius 3 is 2.75 bits per heavy atom. The molecular formula is C26H30FN3O2. The third-order valence-corrected chi connectivity index (χ3v) is 5.01. The van der Waals surface area contributed by atoms with Gasteiger partial charge in [0.25, 0.3) is 5.89 Å². The van der Waals surface area contributed by atoms with Gasteiger partial charge in [-0.25, -0.2) is 4.39 Å². The van der Waals surface area contributed by atoms with Gasteiger partial charge in [0, 0.05) is 17.7 Å². The van der Waals surface area contributed by atoms with E-state index in [0.717, 1.165) is 35.3 Å². The number of fused-ring (bicyclic) bond motifs is 1. The van der Waals surface area contributed by atoms with Gasteiger partial charge in [-0.2, -0.15) is 4.98 Å². The second-order valence-corrected chi connectivity index (χ2v) is 7.77. The van der Waals surface area contributed by atoms with E-state index < -0.39 is 0 Å². The van der Waals surface area contributed by atoms with Crippen LogP contribution in [0.3, 0.4) is 0 Å². The lowest BCUT2D eigenvalue weighted by atomic mass is 10.0. The molecule has 0 atom stereocenters. The van der Waals surface area contributed by atoms with Crippen molar-refractivity contribution in [2.75, 3.05) is 20.3 Å². The van der Waals surface area contributed by atoms with Crippen molar-refractivity contribution in [2.45, 2.75) is 46.1 Å². The Morgan fingerprint density at radius 1 is 1.22 bits per heavy atom. The van der Waals surface area contributed by atoms with Gasteiger partial charge >= 0.3 is 0 Å². The lowest BCUT2D eigenvalue weighted by molar-refractivity contribution is 0.242. The molecule has 0 saturated heterocycles. The van der Waals surface area contributed by atoms with E-state index in [1.54, 1.807) is 7.05 Å². The van der Waals surface area contributed by atoms with Crippen molar-refractivity contribution < 1.29 is 13.7 Å². The summed E-state index contributed by atoms with van der Waals surface area (Å²) in [5.74, 6) is 7.95. The summed E-state index contributed by atoms with van der Waals surface area (Å²) >= 11 is 0. The summed E-state index contributed by atoms with van der Waals surface area (Å²) < 4.78 is 22.3. The summed E-state index contributed by atoms with van der Waals surface area (Å²) in [4.78, 5) is 4.65. The van der Waals surface area contributed by atoms with Gasteiger partial charge in [-0.05, 0) is 76.4 Å². The number of hydrogen-bond donors (Lipinski definition) is 1. The molecule has 32 heavy (non-hydrogen) atoms. The third-order valence-electron chi connectivity index (χ3n) is 5.01. The first kappa shape index (κ1) is 23.5. The SMILES string of the molecule is CC#Cc1cc(-c2nc(-c3cccc4c3CCC4)no2)ccc1OC(C)C.CNCCF. The summed E-state index contributed by atoms with van der Waals surface area (Å²) in [5.41, 5.74) is 5.49. The quantitative estimate of drug-likeness (QED) is 0.538. The van der Waals surface area contributed by atoms with Crippen LogP contribution in [0.4, 0.5) is 4.39 Å². The van der Waals surface area contributed by atoms with Crippen molar-refractivity contribution in [3.05, 3.63) is 53.1 Å². The number of nitrogens with one attached hydrogen (secondary N) is 1. The smallest absolute Gasteiger partial charge is 0.258 e. The molecule has 0 radical (unpaired) electrons. The summed E-state index contributed by atoms with van der Waals surface area (Å²) in [5, 5.41) is 6.88. The van der Waals surface area contributed by atoms with Gasteiger partial charge in [0.15, 0.2) is 0 Å². The molecular weight excluding hydrogens is 405 g/mol. The number of aromatic nitrogens is 2. The number of hydrogen-bond acceptors (Lipinski definition) is 5. The zero-order chi connectivity index (χ0) is 22.9. The molecule has 0 spiro atoms. The van der Waals surface area contributed by atoms with E-state index >= 15 is 0 Å². The number of alkyl halides is 1. The maximum absolute atomic E-state index is 10.9. The maximum Gasteiger partial charge on any atom is 0.258 e. The van der Waals surface area contributed by atoms with E-state index in [1.807, 2.05) is 39.0 Å². The average Bonchev–Trinajstić information content (AvgIpc) is 3.45. The van der Waals surface area contributed by atoms with Crippen LogP contribution >= 0.6 is 0 Å². The van der Waals surface area contributed by atoms with E-state index in [4.69, 9.17) is 9.26 Å². The van der Waals surface area contributed by atoms with Crippen molar-refractivity contribution in [1.29, 1.82) is 0 Å². The van der Waals surface area contributed by atoms with Gasteiger partial charge in [0.2, 0.25) is 5.82 Å². The molecule has 5 nitrogen and oxygen atoms in total. The summed E-state index contributed by atoms with van der Waals surface area (Å²) in [7, 11) is 1.72. The first-order chi connectivity index (χ1) is 15.6. The number of benzene rings is 2. The molecule has 0 saturated carbocycles. The fourth-order valence-electron chi connectivity index (χ4n) is 3.63. The number of nitrogens with zero attached hydrogens (tertiary/aromatic N) is 2. The van der Waals surface area contributed by atoms with Gasteiger partial charge in [-0.3, -0.25) is 0 Å². The Bertz CT molecular complexity index is 1090. The molecule has 4 rings (SSSR count). The minimum atomic E-state index is -0.267. The van der Waals surface area contributed by atoms with Crippen LogP contribution in [0.2, 0.25) is 0 Å². The highest BCUT2D eigenvalue weighted by Gasteiger charge is 2.19. The predicted molar refractivity (Wildman–Crippen MR) is 125 cm³/mol. The molecule has 2 aromatic carbocycles. The van der Waals surface area contributed by atoms with Crippen LogP contribution in [0.25, 0.3) is 22.8 Å². The highest BCUT2D eigenvalue weighted by atomic mass is 19.1. The van der Waals surface area contributed by atoms with E-state index in [-0.39, 0.29) is 12.8 Å². The minimum Gasteiger partial charge on any atom is -0.490 e. The zero-order valence-electron chi connectivity index (χ0n) is 19.2. The molecule has 0 unspecified atom stereocenters. The molecule has 6 heteroatoms. The lowest BCUT2D eigenvalue weighted by Crippen LogP contribution is -2.08. The number of aryl methyl sites for hydroxylation is 1. The van der Waals surface area contributed by atoms with Gasteiger partial charge in [-0.15, -0.1) is 5.92 Å². The predicted octanol–water partition coefficient (Wildman–Crippen LogP) is 5.23. The third kappa shape index (κ3) is 5.74. The lowest BCUT2D eigenvalue weighted by Gasteiger charge is -2.12. The molecule has 0 amide bonds. The first-order valence-corrected chi connectivity index (χ1v) is 11.0. The minimum absolute atomic E-state index is 0.0865. The molecule has 3 aromatic rings. The average molecular weight is 436 g/mol. The van der Waals surface area contributed by atoms with Gasteiger partial charge in [0.1, 0.15) is 12.4 Å². The normalized spacial score (nSPS) is 11.9. The number of halogens is 1. The van der Waals surface area contributed by atoms with Gasteiger partial charge in [-0.1, -0.05) is 29.3 Å². The Morgan fingerprint density at radius 2 is 2.06 bits per heavy atom. The monoisotopic (exact) mass is 435 g/mol. The van der Waals surface area contributed by atoms with Crippen molar-refractivity contribution in [3.63, 3.8) is 0 Å². The van der Waals surface area contributed by atoms with Crippen LogP contribution < -0.4 is 10.1 Å².